The van der Waals surface area contributed by atoms with E-state index in [0.29, 0.717) is 37.8 Å². The number of urea groups is 1. The number of rotatable bonds is 4. The summed E-state index contributed by atoms with van der Waals surface area (Å²) in [6.45, 7) is 13.6. The van der Waals surface area contributed by atoms with Crippen molar-refractivity contribution in [3.8, 4) is 0 Å². The van der Waals surface area contributed by atoms with Gasteiger partial charge in [-0.1, -0.05) is 19.0 Å². The van der Waals surface area contributed by atoms with Gasteiger partial charge in [-0.2, -0.15) is 4.98 Å². The van der Waals surface area contributed by atoms with Crippen LogP contribution in [0.25, 0.3) is 0 Å². The average Bonchev–Trinajstić information content (AvgIpc) is 2.84. The Morgan fingerprint density at radius 1 is 1.26 bits per heavy atom. The summed E-state index contributed by atoms with van der Waals surface area (Å²) in [6.07, 6.45) is 0.530. The Bertz CT molecular complexity index is 535. The highest BCUT2D eigenvalue weighted by molar-refractivity contribution is 5.74. The molecule has 0 atom stereocenters. The zero-order chi connectivity index (χ0) is 17.3. The van der Waals surface area contributed by atoms with E-state index in [1.165, 1.54) is 0 Å². The van der Waals surface area contributed by atoms with Crippen molar-refractivity contribution in [2.45, 2.75) is 65.1 Å². The minimum atomic E-state index is -0.349. The second kappa shape index (κ2) is 6.47. The van der Waals surface area contributed by atoms with Gasteiger partial charge in [-0.3, -0.25) is 0 Å². The van der Waals surface area contributed by atoms with E-state index in [2.05, 4.69) is 15.5 Å². The fourth-order valence-electron chi connectivity index (χ4n) is 2.92. The largest absolute Gasteiger partial charge is 0.366 e. The van der Waals surface area contributed by atoms with E-state index in [1.54, 1.807) is 4.90 Å². The van der Waals surface area contributed by atoms with Crippen molar-refractivity contribution < 1.29 is 14.1 Å². The molecule has 0 aromatic carbocycles. The quantitative estimate of drug-likeness (QED) is 0.919. The highest BCUT2D eigenvalue weighted by atomic mass is 16.5. The number of hydrogen-bond acceptors (Lipinski definition) is 5. The van der Waals surface area contributed by atoms with Crippen molar-refractivity contribution >= 4 is 6.03 Å². The Balaban J connectivity index is 1.84. The summed E-state index contributed by atoms with van der Waals surface area (Å²) in [5.41, 5.74) is -0.699. The molecule has 0 unspecified atom stereocenters. The highest BCUT2D eigenvalue weighted by Gasteiger charge is 2.39. The first-order chi connectivity index (χ1) is 10.6. The van der Waals surface area contributed by atoms with Crippen molar-refractivity contribution in [2.24, 2.45) is 0 Å². The van der Waals surface area contributed by atoms with Crippen molar-refractivity contribution in [2.75, 3.05) is 19.6 Å². The van der Waals surface area contributed by atoms with Crippen LogP contribution in [-0.2, 0) is 11.2 Å². The molecule has 0 spiro atoms. The lowest BCUT2D eigenvalue weighted by Gasteiger charge is -2.46. The van der Waals surface area contributed by atoms with E-state index >= 15 is 0 Å². The summed E-state index contributed by atoms with van der Waals surface area (Å²) in [6, 6.07) is -0.0851. The SMILES string of the molecule is CC(C)c1noc(CCNC(=O)N2CC(C)(C)OC(C)(C)C2)n1. The van der Waals surface area contributed by atoms with Crippen LogP contribution in [0.2, 0.25) is 0 Å². The van der Waals surface area contributed by atoms with Crippen LogP contribution in [0.15, 0.2) is 4.52 Å². The summed E-state index contributed by atoms with van der Waals surface area (Å²) in [5, 5.41) is 6.83. The molecule has 1 N–H and O–H groups in total. The number of aromatic nitrogens is 2. The van der Waals surface area contributed by atoms with E-state index in [4.69, 9.17) is 9.26 Å². The van der Waals surface area contributed by atoms with Gasteiger partial charge in [0.1, 0.15) is 0 Å². The molecule has 2 rings (SSSR count). The maximum atomic E-state index is 12.4. The molecule has 1 saturated heterocycles. The van der Waals surface area contributed by atoms with Gasteiger partial charge in [0.05, 0.1) is 24.3 Å². The molecule has 1 aromatic heterocycles. The molecule has 1 aromatic rings. The molecule has 1 aliphatic rings. The van der Waals surface area contributed by atoms with Crippen LogP contribution in [0.4, 0.5) is 4.79 Å². The molecule has 1 fully saturated rings. The minimum absolute atomic E-state index is 0.0851. The molecule has 2 heterocycles. The van der Waals surface area contributed by atoms with E-state index in [-0.39, 0.29) is 23.2 Å². The monoisotopic (exact) mass is 324 g/mol. The van der Waals surface area contributed by atoms with Crippen molar-refractivity contribution in [3.63, 3.8) is 0 Å². The van der Waals surface area contributed by atoms with Gasteiger partial charge in [-0.15, -0.1) is 0 Å². The fourth-order valence-corrected chi connectivity index (χ4v) is 2.92. The number of morpholine rings is 1. The third-order valence-corrected chi connectivity index (χ3v) is 3.60. The summed E-state index contributed by atoms with van der Waals surface area (Å²) in [4.78, 5) is 18.5. The van der Waals surface area contributed by atoms with E-state index in [1.807, 2.05) is 41.5 Å². The number of ether oxygens (including phenoxy) is 1. The van der Waals surface area contributed by atoms with Crippen LogP contribution < -0.4 is 5.32 Å². The second-order valence-electron chi connectivity index (χ2n) is 7.66. The molecule has 7 nitrogen and oxygen atoms in total. The highest BCUT2D eigenvalue weighted by Crippen LogP contribution is 2.27. The van der Waals surface area contributed by atoms with Gasteiger partial charge in [0.2, 0.25) is 5.89 Å². The average molecular weight is 324 g/mol. The van der Waals surface area contributed by atoms with E-state index < -0.39 is 0 Å². The number of nitrogens with one attached hydrogen (secondary N) is 1. The number of carbonyl (C=O) groups is 1. The first-order valence-electron chi connectivity index (χ1n) is 8.13. The van der Waals surface area contributed by atoms with Crippen LogP contribution in [0, 0.1) is 0 Å². The van der Waals surface area contributed by atoms with Crippen molar-refractivity contribution in [1.82, 2.24) is 20.4 Å². The van der Waals surface area contributed by atoms with E-state index in [0.717, 1.165) is 0 Å². The second-order valence-corrected chi connectivity index (χ2v) is 7.66. The van der Waals surface area contributed by atoms with Gasteiger partial charge in [0.25, 0.3) is 0 Å². The number of carbonyl (C=O) groups excluding carboxylic acids is 1. The van der Waals surface area contributed by atoms with Gasteiger partial charge in [0, 0.05) is 18.9 Å². The lowest BCUT2D eigenvalue weighted by molar-refractivity contribution is -0.170. The van der Waals surface area contributed by atoms with Crippen LogP contribution >= 0.6 is 0 Å². The van der Waals surface area contributed by atoms with Gasteiger partial charge >= 0.3 is 6.03 Å². The first-order valence-corrected chi connectivity index (χ1v) is 8.13. The molecular weight excluding hydrogens is 296 g/mol. The lowest BCUT2D eigenvalue weighted by atomic mass is 9.99. The Hall–Kier alpha value is -1.63. The Morgan fingerprint density at radius 2 is 1.87 bits per heavy atom. The van der Waals surface area contributed by atoms with Crippen LogP contribution in [0.5, 0.6) is 0 Å². The van der Waals surface area contributed by atoms with Gasteiger partial charge in [-0.05, 0) is 27.7 Å². The maximum absolute atomic E-state index is 12.4. The molecule has 2 amide bonds. The summed E-state index contributed by atoms with van der Waals surface area (Å²) in [5.74, 6) is 1.49. The topological polar surface area (TPSA) is 80.5 Å². The molecular formula is C16H28N4O3. The van der Waals surface area contributed by atoms with Gasteiger partial charge < -0.3 is 19.5 Å². The molecule has 130 valence electrons. The molecule has 0 radical (unpaired) electrons. The molecule has 7 heteroatoms. The third kappa shape index (κ3) is 4.92. The smallest absolute Gasteiger partial charge is 0.317 e. The van der Waals surface area contributed by atoms with Gasteiger partial charge in [-0.25, -0.2) is 4.79 Å². The van der Waals surface area contributed by atoms with Crippen LogP contribution in [0.1, 0.15) is 59.2 Å². The zero-order valence-electron chi connectivity index (χ0n) is 15.0. The number of amides is 2. The molecule has 0 aliphatic carbocycles. The molecule has 23 heavy (non-hydrogen) atoms. The summed E-state index contributed by atoms with van der Waals surface area (Å²) >= 11 is 0. The first kappa shape index (κ1) is 17.7. The number of nitrogens with zero attached hydrogens (tertiary/aromatic N) is 3. The zero-order valence-corrected chi connectivity index (χ0v) is 15.0. The molecule has 0 saturated carbocycles. The molecule has 1 aliphatic heterocycles. The van der Waals surface area contributed by atoms with Crippen LogP contribution in [-0.4, -0.2) is 51.9 Å². The third-order valence-electron chi connectivity index (χ3n) is 3.60. The van der Waals surface area contributed by atoms with E-state index in [9.17, 15) is 4.79 Å². The number of hydrogen-bond donors (Lipinski definition) is 1. The summed E-state index contributed by atoms with van der Waals surface area (Å²) in [7, 11) is 0. The van der Waals surface area contributed by atoms with Crippen molar-refractivity contribution in [1.29, 1.82) is 0 Å². The Labute approximate surface area is 137 Å². The Morgan fingerprint density at radius 3 is 2.39 bits per heavy atom. The fraction of sp³-hybridized carbons (Fsp3) is 0.812. The Kier molecular flexibility index (Phi) is 4.98. The lowest BCUT2D eigenvalue weighted by Crippen LogP contribution is -2.60. The van der Waals surface area contributed by atoms with Crippen LogP contribution in [0.3, 0.4) is 0 Å². The predicted molar refractivity (Wildman–Crippen MR) is 86.3 cm³/mol. The maximum Gasteiger partial charge on any atom is 0.317 e. The normalized spacial score (nSPS) is 19.9. The predicted octanol–water partition coefficient (Wildman–Crippen LogP) is 2.33. The molecule has 0 bridgehead atoms. The standard InChI is InChI=1S/C16H28N4O3/c1-11(2)13-18-12(22-19-13)7-8-17-14(21)20-9-15(3,4)23-16(5,6)10-20/h11H,7-10H2,1-6H3,(H,17,21). The van der Waals surface area contributed by atoms with Gasteiger partial charge in [0.15, 0.2) is 5.82 Å². The van der Waals surface area contributed by atoms with Crippen molar-refractivity contribution in [3.05, 3.63) is 11.7 Å². The minimum Gasteiger partial charge on any atom is -0.366 e. The summed E-state index contributed by atoms with van der Waals surface area (Å²) < 4.78 is 11.2.